The summed E-state index contributed by atoms with van der Waals surface area (Å²) in [5.41, 5.74) is 0. The third kappa shape index (κ3) is 33.4. The van der Waals surface area contributed by atoms with Gasteiger partial charge in [0.2, 0.25) is 0 Å². The highest BCUT2D eigenvalue weighted by molar-refractivity contribution is 5.70. The van der Waals surface area contributed by atoms with E-state index in [2.05, 4.69) is 38.2 Å². The summed E-state index contributed by atoms with van der Waals surface area (Å²) < 4.78 is 22.2. The Morgan fingerprint density at radius 3 is 1.34 bits per heavy atom. The Kier molecular flexibility index (Phi) is 39.5. The maximum absolute atomic E-state index is 12.8. The first-order valence-corrected chi connectivity index (χ1v) is 25.4. The van der Waals surface area contributed by atoms with Crippen molar-refractivity contribution in [3.05, 3.63) is 24.3 Å². The van der Waals surface area contributed by atoms with E-state index in [4.69, 9.17) is 18.9 Å². The van der Waals surface area contributed by atoms with Gasteiger partial charge in [-0.25, -0.2) is 0 Å². The van der Waals surface area contributed by atoms with Gasteiger partial charge in [0.1, 0.15) is 31.0 Å². The van der Waals surface area contributed by atoms with Crippen LogP contribution in [0.15, 0.2) is 24.3 Å². The summed E-state index contributed by atoms with van der Waals surface area (Å²) in [4.78, 5) is 25.4. The first-order valence-electron chi connectivity index (χ1n) is 25.4. The smallest absolute Gasteiger partial charge is 0.306 e. The number of aliphatic hydroxyl groups is 4. The molecule has 10 heteroatoms. The summed E-state index contributed by atoms with van der Waals surface area (Å²) in [6, 6.07) is 0. The van der Waals surface area contributed by atoms with Crippen LogP contribution in [0, 0.1) is 0 Å². The van der Waals surface area contributed by atoms with E-state index in [1.54, 1.807) is 0 Å². The number of rotatable bonds is 43. The molecule has 2 unspecified atom stereocenters. The SMILES string of the molecule is CCCCCC/C=C/C=C/CCCCCCCC(=O)OC[C@H](CO[C@@H]1O[C@H](CO)[C@H](O)C(O)C1O)OC(=O)CCCCCCCCCCCCCCCCCCCCCCC. The Bertz CT molecular complexity index is 1050. The number of carbonyl (C=O) groups excluding carboxylic acids is 2. The Hall–Kier alpha value is -1.82. The van der Waals surface area contributed by atoms with Gasteiger partial charge in [0, 0.05) is 12.8 Å². The highest BCUT2D eigenvalue weighted by atomic mass is 16.7. The molecule has 10 nitrogen and oxygen atoms in total. The molecule has 0 spiro atoms. The topological polar surface area (TPSA) is 152 Å². The van der Waals surface area contributed by atoms with Crippen LogP contribution in [0.25, 0.3) is 0 Å². The van der Waals surface area contributed by atoms with Gasteiger partial charge < -0.3 is 39.4 Å². The minimum atomic E-state index is -1.60. The lowest BCUT2D eigenvalue weighted by molar-refractivity contribution is -0.305. The molecule has 1 aliphatic heterocycles. The van der Waals surface area contributed by atoms with E-state index in [1.165, 1.54) is 135 Å². The molecule has 1 rings (SSSR count). The van der Waals surface area contributed by atoms with Gasteiger partial charge in [0.25, 0.3) is 0 Å². The molecule has 0 aromatic heterocycles. The van der Waals surface area contributed by atoms with E-state index in [9.17, 15) is 30.0 Å². The van der Waals surface area contributed by atoms with E-state index in [0.29, 0.717) is 12.8 Å². The monoisotopic (exact) mass is 867 g/mol. The molecule has 358 valence electrons. The van der Waals surface area contributed by atoms with E-state index in [0.717, 1.165) is 57.8 Å². The average Bonchev–Trinajstić information content (AvgIpc) is 3.26. The zero-order chi connectivity index (χ0) is 44.4. The standard InChI is InChI=1S/C51H94O10/c1-3-5-7-9-11-13-15-17-19-20-21-22-23-24-26-28-30-32-34-36-38-40-47(54)60-44(43-59-51-50(57)49(56)48(55)45(41-52)61-51)42-58-46(53)39-37-35-33-31-29-27-25-18-16-14-12-10-8-6-4-2/h14,16,18,25,44-45,48-52,55-57H,3-13,15,17,19-24,26-43H2,1-2H3/b16-14+,25-18+/t44-,45-,48+,49?,50?,51-/m1/s1. The fourth-order valence-electron chi connectivity index (χ4n) is 7.83. The Morgan fingerprint density at radius 1 is 0.508 bits per heavy atom. The molecule has 0 saturated carbocycles. The number of hydrogen-bond acceptors (Lipinski definition) is 10. The molecule has 1 saturated heterocycles. The van der Waals surface area contributed by atoms with Crippen LogP contribution in [0.3, 0.4) is 0 Å². The summed E-state index contributed by atoms with van der Waals surface area (Å²) in [5.74, 6) is -0.813. The van der Waals surface area contributed by atoms with E-state index < -0.39 is 49.4 Å². The highest BCUT2D eigenvalue weighted by Crippen LogP contribution is 2.23. The molecule has 4 N–H and O–H groups in total. The van der Waals surface area contributed by atoms with Crippen LogP contribution in [0.4, 0.5) is 0 Å². The van der Waals surface area contributed by atoms with E-state index >= 15 is 0 Å². The van der Waals surface area contributed by atoms with Gasteiger partial charge in [-0.2, -0.15) is 0 Å². The molecular formula is C51H94O10. The van der Waals surface area contributed by atoms with Crippen LogP contribution >= 0.6 is 0 Å². The van der Waals surface area contributed by atoms with Gasteiger partial charge in [0.15, 0.2) is 12.4 Å². The lowest BCUT2D eigenvalue weighted by atomic mass is 9.99. The number of allylic oxidation sites excluding steroid dienone is 4. The number of carbonyl (C=O) groups is 2. The summed E-state index contributed by atoms with van der Waals surface area (Å²) >= 11 is 0. The molecule has 0 aromatic rings. The second kappa shape index (κ2) is 42.1. The van der Waals surface area contributed by atoms with Crippen LogP contribution in [0.1, 0.15) is 232 Å². The average molecular weight is 867 g/mol. The van der Waals surface area contributed by atoms with Crippen molar-refractivity contribution >= 4 is 11.9 Å². The molecule has 0 radical (unpaired) electrons. The fourth-order valence-corrected chi connectivity index (χ4v) is 7.83. The zero-order valence-corrected chi connectivity index (χ0v) is 39.2. The first-order chi connectivity index (χ1) is 29.8. The summed E-state index contributed by atoms with van der Waals surface area (Å²) in [6.45, 7) is 3.42. The normalized spacial score (nSPS) is 19.9. The summed E-state index contributed by atoms with van der Waals surface area (Å²) in [5, 5.41) is 40.2. The van der Waals surface area contributed by atoms with Crippen LogP contribution in [0.5, 0.6) is 0 Å². The van der Waals surface area contributed by atoms with Crippen molar-refractivity contribution in [2.45, 2.75) is 269 Å². The third-order valence-corrected chi connectivity index (χ3v) is 11.9. The third-order valence-electron chi connectivity index (χ3n) is 11.9. The Balaban J connectivity index is 2.25. The molecule has 0 aromatic carbocycles. The van der Waals surface area contributed by atoms with Crippen LogP contribution in [0.2, 0.25) is 0 Å². The number of unbranched alkanes of at least 4 members (excludes halogenated alkanes) is 29. The molecule has 61 heavy (non-hydrogen) atoms. The number of hydrogen-bond donors (Lipinski definition) is 4. The summed E-state index contributed by atoms with van der Waals surface area (Å²) in [6.07, 6.45) is 40.4. The van der Waals surface area contributed by atoms with Gasteiger partial charge in [-0.05, 0) is 38.5 Å². The summed E-state index contributed by atoms with van der Waals surface area (Å²) in [7, 11) is 0. The largest absolute Gasteiger partial charge is 0.462 e. The van der Waals surface area contributed by atoms with Crippen molar-refractivity contribution < 1.29 is 49.0 Å². The van der Waals surface area contributed by atoms with Crippen LogP contribution in [-0.4, -0.2) is 89.0 Å². The lowest BCUT2D eigenvalue weighted by Gasteiger charge is -2.39. The molecule has 0 bridgehead atoms. The van der Waals surface area contributed by atoms with Crippen molar-refractivity contribution in [3.63, 3.8) is 0 Å². The van der Waals surface area contributed by atoms with Crippen molar-refractivity contribution in [2.24, 2.45) is 0 Å². The van der Waals surface area contributed by atoms with Crippen molar-refractivity contribution in [3.8, 4) is 0 Å². The van der Waals surface area contributed by atoms with Crippen molar-refractivity contribution in [1.82, 2.24) is 0 Å². The Labute approximate surface area is 373 Å². The maximum atomic E-state index is 12.8. The minimum Gasteiger partial charge on any atom is -0.462 e. The first kappa shape index (κ1) is 57.2. The van der Waals surface area contributed by atoms with Crippen LogP contribution < -0.4 is 0 Å². The molecule has 6 atom stereocenters. The van der Waals surface area contributed by atoms with E-state index in [1.807, 2.05) is 0 Å². The molecule has 0 aliphatic carbocycles. The number of aliphatic hydroxyl groups excluding tert-OH is 4. The second-order valence-electron chi connectivity index (χ2n) is 17.7. The van der Waals surface area contributed by atoms with Crippen molar-refractivity contribution in [1.29, 1.82) is 0 Å². The van der Waals surface area contributed by atoms with Crippen LogP contribution in [-0.2, 0) is 28.5 Å². The van der Waals surface area contributed by atoms with Gasteiger partial charge in [-0.1, -0.05) is 205 Å². The van der Waals surface area contributed by atoms with Gasteiger partial charge >= 0.3 is 11.9 Å². The zero-order valence-electron chi connectivity index (χ0n) is 39.2. The molecule has 1 heterocycles. The Morgan fingerprint density at radius 2 is 0.902 bits per heavy atom. The molecule has 1 fully saturated rings. The lowest BCUT2D eigenvalue weighted by Crippen LogP contribution is -2.59. The highest BCUT2D eigenvalue weighted by Gasteiger charge is 2.44. The van der Waals surface area contributed by atoms with Crippen molar-refractivity contribution in [2.75, 3.05) is 19.8 Å². The quantitative estimate of drug-likeness (QED) is 0.0265. The van der Waals surface area contributed by atoms with Gasteiger partial charge in [-0.3, -0.25) is 9.59 Å². The molecule has 1 aliphatic rings. The van der Waals surface area contributed by atoms with Gasteiger partial charge in [0.05, 0.1) is 13.2 Å². The second-order valence-corrected chi connectivity index (χ2v) is 17.7. The van der Waals surface area contributed by atoms with E-state index in [-0.39, 0.29) is 32.0 Å². The maximum Gasteiger partial charge on any atom is 0.306 e. The fraction of sp³-hybridized carbons (Fsp3) is 0.882. The predicted molar refractivity (Wildman–Crippen MR) is 247 cm³/mol. The molecular weight excluding hydrogens is 773 g/mol. The number of esters is 2. The minimum absolute atomic E-state index is 0.221. The van der Waals surface area contributed by atoms with Gasteiger partial charge in [-0.15, -0.1) is 0 Å². The number of ether oxygens (including phenoxy) is 4. The predicted octanol–water partition coefficient (Wildman–Crippen LogP) is 11.7. The molecule has 0 amide bonds.